The molecule has 3 aromatic heterocycles. The van der Waals surface area contributed by atoms with Crippen molar-refractivity contribution in [1.82, 2.24) is 19.7 Å². The van der Waals surface area contributed by atoms with Gasteiger partial charge in [-0.1, -0.05) is 39.8 Å². The molecule has 4 rings (SSSR count). The van der Waals surface area contributed by atoms with E-state index in [1.54, 1.807) is 12.1 Å². The summed E-state index contributed by atoms with van der Waals surface area (Å²) in [6.45, 7) is 15.7. The van der Waals surface area contributed by atoms with Gasteiger partial charge in [-0.05, 0) is 68.4 Å². The van der Waals surface area contributed by atoms with Gasteiger partial charge in [-0.2, -0.15) is 8.42 Å². The number of rotatable bonds is 7. The summed E-state index contributed by atoms with van der Waals surface area (Å²) in [5, 5.41) is -0.339. The van der Waals surface area contributed by atoms with Gasteiger partial charge in [0.15, 0.2) is 5.03 Å². The number of hydrogen-bond acceptors (Lipinski definition) is 9. The summed E-state index contributed by atoms with van der Waals surface area (Å²) < 4.78 is 34.0. The molecule has 0 spiro atoms. The summed E-state index contributed by atoms with van der Waals surface area (Å²) in [4.78, 5) is 29.1. The minimum atomic E-state index is -4.27. The SMILES string of the molecule is Cc1ccc(OCC(C)(C)C)nc1-c1ccc(C(=O)NS(=O)(=O)c2cccc(N)n2)c(N2CCC(C)C2(C)C)n1. The zero-order chi connectivity index (χ0) is 29.5. The molecular formula is C29H38N6O4S. The maximum atomic E-state index is 13.5. The van der Waals surface area contributed by atoms with Gasteiger partial charge in [-0.15, -0.1) is 0 Å². The van der Waals surface area contributed by atoms with E-state index in [4.69, 9.17) is 20.4 Å². The first kappa shape index (κ1) is 29.3. The number of aromatic nitrogens is 3. The molecule has 0 bridgehead atoms. The van der Waals surface area contributed by atoms with Crippen LogP contribution in [0.1, 0.15) is 63.9 Å². The van der Waals surface area contributed by atoms with Gasteiger partial charge < -0.3 is 15.4 Å². The number of nitrogens with one attached hydrogen (secondary N) is 1. The monoisotopic (exact) mass is 566 g/mol. The number of nitrogens with two attached hydrogens (primary N) is 1. The summed E-state index contributed by atoms with van der Waals surface area (Å²) in [7, 11) is -4.27. The molecule has 3 N–H and O–H groups in total. The Balaban J connectivity index is 1.77. The Kier molecular flexibility index (Phi) is 7.81. The summed E-state index contributed by atoms with van der Waals surface area (Å²) in [5.41, 5.74) is 7.51. The summed E-state index contributed by atoms with van der Waals surface area (Å²) in [5.74, 6) is 0.425. The Hall–Kier alpha value is -3.73. The molecule has 11 heteroatoms. The maximum Gasteiger partial charge on any atom is 0.281 e. The molecule has 0 radical (unpaired) electrons. The average Bonchev–Trinajstić information content (AvgIpc) is 3.14. The van der Waals surface area contributed by atoms with E-state index in [1.165, 1.54) is 18.2 Å². The number of nitrogen functional groups attached to an aromatic ring is 1. The van der Waals surface area contributed by atoms with Crippen molar-refractivity contribution >= 4 is 27.6 Å². The van der Waals surface area contributed by atoms with Crippen LogP contribution in [0, 0.1) is 18.3 Å². The number of ether oxygens (including phenoxy) is 1. The van der Waals surface area contributed by atoms with Crippen molar-refractivity contribution in [3.05, 3.63) is 53.6 Å². The van der Waals surface area contributed by atoms with Crippen LogP contribution >= 0.6 is 0 Å². The predicted octanol–water partition coefficient (Wildman–Crippen LogP) is 4.60. The van der Waals surface area contributed by atoms with Gasteiger partial charge in [0.25, 0.3) is 15.9 Å². The largest absolute Gasteiger partial charge is 0.477 e. The van der Waals surface area contributed by atoms with E-state index in [1.807, 2.05) is 19.1 Å². The molecule has 1 unspecified atom stereocenters. The first-order valence-corrected chi connectivity index (χ1v) is 14.8. The standard InChI is InChI=1S/C29H38N6O4S/c1-18-11-14-23(39-17-28(3,4)5)33-25(18)21-13-12-20(26(31-21)35-16-15-19(2)29(35,6)7)27(36)34-40(37,38)24-10-8-9-22(30)32-24/h8-14,19H,15-17H2,1-7H3,(H2,30,32)(H,34,36). The number of hydrogen-bond donors (Lipinski definition) is 2. The number of pyridine rings is 3. The van der Waals surface area contributed by atoms with Gasteiger partial charge in [0.1, 0.15) is 11.6 Å². The van der Waals surface area contributed by atoms with Gasteiger partial charge in [0, 0.05) is 18.2 Å². The van der Waals surface area contributed by atoms with E-state index in [-0.39, 0.29) is 27.4 Å². The molecule has 40 heavy (non-hydrogen) atoms. The third kappa shape index (κ3) is 6.19. The number of nitrogens with zero attached hydrogens (tertiary/aromatic N) is 4. The lowest BCUT2D eigenvalue weighted by Gasteiger charge is -2.36. The Morgan fingerprint density at radius 1 is 1.12 bits per heavy atom. The molecule has 1 aliphatic rings. The summed E-state index contributed by atoms with van der Waals surface area (Å²) in [6, 6.07) is 11.2. The van der Waals surface area contributed by atoms with Crippen LogP contribution in [0.5, 0.6) is 5.88 Å². The van der Waals surface area contributed by atoms with Crippen LogP contribution < -0.4 is 20.1 Å². The lowest BCUT2D eigenvalue weighted by molar-refractivity contribution is 0.0981. The smallest absolute Gasteiger partial charge is 0.281 e. The minimum absolute atomic E-state index is 0.0337. The molecule has 0 saturated carbocycles. The quantitative estimate of drug-likeness (QED) is 0.420. The maximum absolute atomic E-state index is 13.5. The van der Waals surface area contributed by atoms with Crippen LogP contribution in [0.25, 0.3) is 11.4 Å². The predicted molar refractivity (Wildman–Crippen MR) is 156 cm³/mol. The fourth-order valence-electron chi connectivity index (χ4n) is 4.52. The van der Waals surface area contributed by atoms with Crippen molar-refractivity contribution in [1.29, 1.82) is 0 Å². The van der Waals surface area contributed by atoms with Gasteiger partial charge >= 0.3 is 0 Å². The lowest BCUT2D eigenvalue weighted by atomic mass is 9.90. The summed E-state index contributed by atoms with van der Waals surface area (Å²) >= 11 is 0. The number of anilines is 2. The Morgan fingerprint density at radius 3 is 2.48 bits per heavy atom. The highest BCUT2D eigenvalue weighted by Crippen LogP contribution is 2.39. The molecule has 10 nitrogen and oxygen atoms in total. The molecule has 1 amide bonds. The third-order valence-corrected chi connectivity index (χ3v) is 8.51. The topological polar surface area (TPSA) is 140 Å². The van der Waals surface area contributed by atoms with Crippen molar-refractivity contribution in [2.45, 2.75) is 65.5 Å². The number of carbonyl (C=O) groups is 1. The first-order valence-electron chi connectivity index (χ1n) is 13.3. The molecule has 3 aromatic rings. The van der Waals surface area contributed by atoms with Crippen LogP contribution in [0.15, 0.2) is 47.5 Å². The number of sulfonamides is 1. The van der Waals surface area contributed by atoms with Crippen LogP contribution in [0.2, 0.25) is 0 Å². The fourth-order valence-corrected chi connectivity index (χ4v) is 5.46. The van der Waals surface area contributed by atoms with E-state index in [0.29, 0.717) is 42.2 Å². The normalized spacial score (nSPS) is 17.1. The van der Waals surface area contributed by atoms with E-state index in [9.17, 15) is 13.2 Å². The molecule has 0 aliphatic carbocycles. The fraction of sp³-hybridized carbons (Fsp3) is 0.448. The zero-order valence-electron chi connectivity index (χ0n) is 24.1. The summed E-state index contributed by atoms with van der Waals surface area (Å²) in [6.07, 6.45) is 0.902. The third-order valence-electron chi connectivity index (χ3n) is 7.28. The molecule has 214 valence electrons. The van der Waals surface area contributed by atoms with E-state index >= 15 is 0 Å². The second-order valence-corrected chi connectivity index (χ2v) is 13.7. The highest BCUT2D eigenvalue weighted by Gasteiger charge is 2.41. The molecular weight excluding hydrogens is 528 g/mol. The average molecular weight is 567 g/mol. The second-order valence-electron chi connectivity index (χ2n) is 12.1. The van der Waals surface area contributed by atoms with Crippen LogP contribution in [0.3, 0.4) is 0 Å². The Morgan fingerprint density at radius 2 is 1.85 bits per heavy atom. The van der Waals surface area contributed by atoms with Crippen LogP contribution in [-0.2, 0) is 10.0 Å². The number of carbonyl (C=O) groups excluding carboxylic acids is 1. The molecule has 1 aliphatic heterocycles. The zero-order valence-corrected chi connectivity index (χ0v) is 25.0. The van der Waals surface area contributed by atoms with Crippen molar-refractivity contribution in [2.75, 3.05) is 23.8 Å². The second kappa shape index (κ2) is 10.7. The van der Waals surface area contributed by atoms with Crippen molar-refractivity contribution in [3.63, 3.8) is 0 Å². The lowest BCUT2D eigenvalue weighted by Crippen LogP contribution is -2.43. The van der Waals surface area contributed by atoms with Gasteiger partial charge in [0.05, 0.1) is 23.6 Å². The van der Waals surface area contributed by atoms with E-state index in [0.717, 1.165) is 12.0 Å². The highest BCUT2D eigenvalue weighted by molar-refractivity contribution is 7.90. The van der Waals surface area contributed by atoms with Crippen LogP contribution in [-0.4, -0.2) is 48.0 Å². The first-order chi connectivity index (χ1) is 18.6. The van der Waals surface area contributed by atoms with Gasteiger partial charge in [-0.3, -0.25) is 4.79 Å². The molecule has 1 fully saturated rings. The van der Waals surface area contributed by atoms with E-state index < -0.39 is 15.9 Å². The van der Waals surface area contributed by atoms with Gasteiger partial charge in [0.2, 0.25) is 5.88 Å². The molecule has 0 aromatic carbocycles. The van der Waals surface area contributed by atoms with Crippen molar-refractivity contribution < 1.29 is 17.9 Å². The Bertz CT molecular complexity index is 1530. The molecule has 1 atom stereocenters. The Labute approximate surface area is 236 Å². The minimum Gasteiger partial charge on any atom is -0.477 e. The number of aryl methyl sites for hydroxylation is 1. The van der Waals surface area contributed by atoms with Crippen molar-refractivity contribution in [3.8, 4) is 17.3 Å². The van der Waals surface area contributed by atoms with Gasteiger partial charge in [-0.25, -0.2) is 19.7 Å². The molecule has 1 saturated heterocycles. The van der Waals surface area contributed by atoms with E-state index in [2.05, 4.69) is 56.1 Å². The number of amides is 1. The van der Waals surface area contributed by atoms with Crippen LogP contribution in [0.4, 0.5) is 11.6 Å². The van der Waals surface area contributed by atoms with Crippen molar-refractivity contribution in [2.24, 2.45) is 11.3 Å². The highest BCUT2D eigenvalue weighted by atomic mass is 32.2. The molecule has 4 heterocycles.